The number of aryl methyl sites for hydroxylation is 3. The molecule has 3 rings (SSSR count). The van der Waals surface area contributed by atoms with Gasteiger partial charge in [-0.05, 0) is 44.9 Å². The standard InChI is InChI=1S/C18H22N4/c1-13-5-7-15(8-6-13)17-21-16-11-14(2)12-20-18(16)22(17)10-4-3-9-19/h5-8,11-12H,3-4,9-10,19H2,1-2H3. The van der Waals surface area contributed by atoms with Gasteiger partial charge in [-0.15, -0.1) is 0 Å². The lowest BCUT2D eigenvalue weighted by atomic mass is 10.1. The number of nitrogens with zero attached hydrogens (tertiary/aromatic N) is 3. The molecule has 2 N–H and O–H groups in total. The van der Waals surface area contributed by atoms with E-state index in [1.54, 1.807) is 0 Å². The first-order valence-electron chi connectivity index (χ1n) is 7.79. The summed E-state index contributed by atoms with van der Waals surface area (Å²) >= 11 is 0. The van der Waals surface area contributed by atoms with Crippen LogP contribution in [0.25, 0.3) is 22.6 Å². The van der Waals surface area contributed by atoms with E-state index in [0.29, 0.717) is 0 Å². The molecule has 2 heterocycles. The van der Waals surface area contributed by atoms with Gasteiger partial charge in [0, 0.05) is 18.3 Å². The van der Waals surface area contributed by atoms with Crippen molar-refractivity contribution in [3.63, 3.8) is 0 Å². The lowest BCUT2D eigenvalue weighted by Crippen LogP contribution is -2.05. The van der Waals surface area contributed by atoms with Gasteiger partial charge in [0.15, 0.2) is 5.65 Å². The van der Waals surface area contributed by atoms with Crippen LogP contribution < -0.4 is 5.73 Å². The highest BCUT2D eigenvalue weighted by molar-refractivity contribution is 5.77. The lowest BCUT2D eigenvalue weighted by Gasteiger charge is -2.08. The molecule has 0 radical (unpaired) electrons. The number of fused-ring (bicyclic) bond motifs is 1. The molecular weight excluding hydrogens is 272 g/mol. The van der Waals surface area contributed by atoms with Gasteiger partial charge in [-0.1, -0.05) is 29.8 Å². The van der Waals surface area contributed by atoms with Gasteiger partial charge in [0.05, 0.1) is 0 Å². The van der Waals surface area contributed by atoms with Crippen molar-refractivity contribution in [2.45, 2.75) is 33.2 Å². The minimum atomic E-state index is 0.721. The highest BCUT2D eigenvalue weighted by Gasteiger charge is 2.13. The van der Waals surface area contributed by atoms with E-state index < -0.39 is 0 Å². The summed E-state index contributed by atoms with van der Waals surface area (Å²) in [5, 5.41) is 0. The molecule has 0 unspecified atom stereocenters. The fraction of sp³-hybridized carbons (Fsp3) is 0.333. The van der Waals surface area contributed by atoms with Crippen molar-refractivity contribution in [3.8, 4) is 11.4 Å². The Morgan fingerprint density at radius 3 is 2.55 bits per heavy atom. The molecule has 22 heavy (non-hydrogen) atoms. The van der Waals surface area contributed by atoms with Crippen LogP contribution in [0.1, 0.15) is 24.0 Å². The molecule has 0 saturated carbocycles. The number of hydrogen-bond acceptors (Lipinski definition) is 3. The second kappa shape index (κ2) is 6.28. The highest BCUT2D eigenvalue weighted by Crippen LogP contribution is 2.25. The van der Waals surface area contributed by atoms with Crippen LogP contribution in [0.4, 0.5) is 0 Å². The average Bonchev–Trinajstić information content (AvgIpc) is 2.86. The van der Waals surface area contributed by atoms with E-state index in [4.69, 9.17) is 10.7 Å². The first-order valence-corrected chi connectivity index (χ1v) is 7.79. The zero-order valence-electron chi connectivity index (χ0n) is 13.2. The molecule has 1 aromatic carbocycles. The molecule has 4 nitrogen and oxygen atoms in total. The molecule has 0 aliphatic carbocycles. The molecular formula is C18H22N4. The zero-order chi connectivity index (χ0) is 15.5. The fourth-order valence-electron chi connectivity index (χ4n) is 2.66. The Bertz CT molecular complexity index is 772. The van der Waals surface area contributed by atoms with Crippen molar-refractivity contribution in [1.29, 1.82) is 0 Å². The number of nitrogens with two attached hydrogens (primary N) is 1. The third-order valence-corrected chi connectivity index (χ3v) is 3.87. The van der Waals surface area contributed by atoms with Crippen molar-refractivity contribution < 1.29 is 0 Å². The Morgan fingerprint density at radius 2 is 1.82 bits per heavy atom. The average molecular weight is 294 g/mol. The summed E-state index contributed by atoms with van der Waals surface area (Å²) in [5.74, 6) is 0.991. The first kappa shape index (κ1) is 14.7. The molecule has 0 atom stereocenters. The van der Waals surface area contributed by atoms with Gasteiger partial charge in [0.25, 0.3) is 0 Å². The van der Waals surface area contributed by atoms with Crippen LogP contribution in [-0.4, -0.2) is 21.1 Å². The molecule has 0 bridgehead atoms. The topological polar surface area (TPSA) is 56.7 Å². The van der Waals surface area contributed by atoms with Crippen LogP contribution in [-0.2, 0) is 6.54 Å². The van der Waals surface area contributed by atoms with Crippen LogP contribution in [0.5, 0.6) is 0 Å². The number of rotatable bonds is 5. The number of benzene rings is 1. The van der Waals surface area contributed by atoms with Gasteiger partial charge >= 0.3 is 0 Å². The van der Waals surface area contributed by atoms with Crippen LogP contribution >= 0.6 is 0 Å². The van der Waals surface area contributed by atoms with Gasteiger partial charge in [-0.3, -0.25) is 0 Å². The number of pyridine rings is 1. The summed E-state index contributed by atoms with van der Waals surface area (Å²) in [6, 6.07) is 10.6. The van der Waals surface area contributed by atoms with Gasteiger partial charge in [0.2, 0.25) is 0 Å². The van der Waals surface area contributed by atoms with E-state index in [1.165, 1.54) is 5.56 Å². The third kappa shape index (κ3) is 2.88. The van der Waals surface area contributed by atoms with Crippen LogP contribution in [0.3, 0.4) is 0 Å². The Labute approximate surface area is 131 Å². The summed E-state index contributed by atoms with van der Waals surface area (Å²) in [6.45, 7) is 5.76. The van der Waals surface area contributed by atoms with E-state index in [2.05, 4.69) is 46.8 Å². The first-order chi connectivity index (χ1) is 10.7. The maximum absolute atomic E-state index is 5.63. The maximum atomic E-state index is 5.63. The second-order valence-corrected chi connectivity index (χ2v) is 5.80. The lowest BCUT2D eigenvalue weighted by molar-refractivity contribution is 0.628. The molecule has 0 amide bonds. The van der Waals surface area contributed by atoms with Crippen molar-refractivity contribution in [1.82, 2.24) is 14.5 Å². The second-order valence-electron chi connectivity index (χ2n) is 5.80. The van der Waals surface area contributed by atoms with E-state index >= 15 is 0 Å². The van der Waals surface area contributed by atoms with Crippen LogP contribution in [0.15, 0.2) is 36.5 Å². The summed E-state index contributed by atoms with van der Waals surface area (Å²) < 4.78 is 2.22. The van der Waals surface area contributed by atoms with Crippen LogP contribution in [0.2, 0.25) is 0 Å². The van der Waals surface area contributed by atoms with E-state index in [9.17, 15) is 0 Å². The Kier molecular flexibility index (Phi) is 4.20. The van der Waals surface area contributed by atoms with Gasteiger partial charge < -0.3 is 10.3 Å². The SMILES string of the molecule is Cc1ccc(-c2nc3cc(C)cnc3n2CCCCN)cc1. The smallest absolute Gasteiger partial charge is 0.160 e. The van der Waals surface area contributed by atoms with E-state index in [1.807, 2.05) is 13.1 Å². The summed E-state index contributed by atoms with van der Waals surface area (Å²) in [7, 11) is 0. The van der Waals surface area contributed by atoms with Gasteiger partial charge in [-0.25, -0.2) is 9.97 Å². The fourth-order valence-corrected chi connectivity index (χ4v) is 2.66. The molecule has 0 aliphatic heterocycles. The molecule has 114 valence electrons. The third-order valence-electron chi connectivity index (χ3n) is 3.87. The number of imidazole rings is 1. The minimum absolute atomic E-state index is 0.721. The molecule has 0 spiro atoms. The van der Waals surface area contributed by atoms with Crippen LogP contribution in [0, 0.1) is 13.8 Å². The van der Waals surface area contributed by atoms with E-state index in [0.717, 1.165) is 54.0 Å². The van der Waals surface area contributed by atoms with Gasteiger partial charge in [0.1, 0.15) is 11.3 Å². The minimum Gasteiger partial charge on any atom is -0.330 e. The monoisotopic (exact) mass is 294 g/mol. The number of unbranched alkanes of at least 4 members (excludes halogenated alkanes) is 1. The highest BCUT2D eigenvalue weighted by atomic mass is 15.1. The van der Waals surface area contributed by atoms with Crippen molar-refractivity contribution in [2.75, 3.05) is 6.54 Å². The normalized spacial score (nSPS) is 11.2. The summed E-state index contributed by atoms with van der Waals surface area (Å²) in [4.78, 5) is 9.41. The largest absolute Gasteiger partial charge is 0.330 e. The predicted molar refractivity (Wildman–Crippen MR) is 90.7 cm³/mol. The number of aromatic nitrogens is 3. The predicted octanol–water partition coefficient (Wildman–Crippen LogP) is 3.45. The zero-order valence-corrected chi connectivity index (χ0v) is 13.2. The molecule has 3 aromatic rings. The summed E-state index contributed by atoms with van der Waals surface area (Å²) in [5.41, 5.74) is 11.1. The quantitative estimate of drug-likeness (QED) is 0.733. The molecule has 0 saturated heterocycles. The molecule has 0 aliphatic rings. The molecule has 2 aromatic heterocycles. The Morgan fingerprint density at radius 1 is 1.05 bits per heavy atom. The van der Waals surface area contributed by atoms with Crippen molar-refractivity contribution in [2.24, 2.45) is 5.73 Å². The van der Waals surface area contributed by atoms with E-state index in [-0.39, 0.29) is 0 Å². The molecule has 4 heteroatoms. The molecule has 0 fully saturated rings. The maximum Gasteiger partial charge on any atom is 0.160 e. The van der Waals surface area contributed by atoms with Crippen molar-refractivity contribution in [3.05, 3.63) is 47.7 Å². The van der Waals surface area contributed by atoms with Crippen molar-refractivity contribution >= 4 is 11.2 Å². The van der Waals surface area contributed by atoms with Gasteiger partial charge in [-0.2, -0.15) is 0 Å². The summed E-state index contributed by atoms with van der Waals surface area (Å²) in [6.07, 6.45) is 3.96. The Hall–Kier alpha value is -2.20. The Balaban J connectivity index is 2.10. The number of hydrogen-bond donors (Lipinski definition) is 1.